The fraction of sp³-hybridized carbons (Fsp3) is 0.923. The van der Waals surface area contributed by atoms with Crippen LogP contribution in [-0.4, -0.2) is 12.6 Å². The van der Waals surface area contributed by atoms with Gasteiger partial charge in [-0.15, -0.1) is 0 Å². The maximum absolute atomic E-state index is 11.4. The molecule has 0 aromatic rings. The number of rotatable bonds is 8. The Bertz CT molecular complexity index is 166. The van der Waals surface area contributed by atoms with Crippen LogP contribution in [0.3, 0.4) is 0 Å². The highest BCUT2D eigenvalue weighted by atomic mass is 16.5. The molecule has 0 aromatic carbocycles. The molecule has 90 valence electrons. The number of ether oxygens (including phenoxy) is 1. The lowest BCUT2D eigenvalue weighted by Crippen LogP contribution is -2.18. The van der Waals surface area contributed by atoms with E-state index < -0.39 is 0 Å². The quantitative estimate of drug-likeness (QED) is 0.575. The smallest absolute Gasteiger partial charge is 0.308 e. The number of esters is 1. The van der Waals surface area contributed by atoms with Crippen LogP contribution < -0.4 is 0 Å². The minimum atomic E-state index is -0.0348. The SMILES string of the molecule is CCCCC(CC)COC(=O)C(C)CC. The van der Waals surface area contributed by atoms with Gasteiger partial charge < -0.3 is 4.74 Å². The van der Waals surface area contributed by atoms with Crippen LogP contribution >= 0.6 is 0 Å². The molecule has 0 N–H and O–H groups in total. The summed E-state index contributed by atoms with van der Waals surface area (Å²) in [6, 6.07) is 0. The van der Waals surface area contributed by atoms with Crippen molar-refractivity contribution in [2.45, 2.75) is 59.8 Å². The van der Waals surface area contributed by atoms with E-state index in [1.807, 2.05) is 13.8 Å². The molecule has 2 heteroatoms. The average molecular weight is 214 g/mol. The molecule has 2 unspecified atom stereocenters. The third-order valence-corrected chi connectivity index (χ3v) is 3.02. The van der Waals surface area contributed by atoms with Crippen LogP contribution in [0.4, 0.5) is 0 Å². The van der Waals surface area contributed by atoms with Gasteiger partial charge in [0.1, 0.15) is 0 Å². The Morgan fingerprint density at radius 1 is 1.20 bits per heavy atom. The van der Waals surface area contributed by atoms with E-state index in [4.69, 9.17) is 4.74 Å². The first-order valence-corrected chi connectivity index (χ1v) is 6.32. The summed E-state index contributed by atoms with van der Waals surface area (Å²) in [5.74, 6) is 0.569. The predicted octanol–water partition coefficient (Wildman–Crippen LogP) is 3.79. The monoisotopic (exact) mass is 214 g/mol. The lowest BCUT2D eigenvalue weighted by Gasteiger charge is -2.16. The largest absolute Gasteiger partial charge is 0.465 e. The summed E-state index contributed by atoms with van der Waals surface area (Å²) in [6.07, 6.45) is 5.61. The van der Waals surface area contributed by atoms with Crippen molar-refractivity contribution in [1.29, 1.82) is 0 Å². The second-order valence-corrected chi connectivity index (χ2v) is 4.36. The van der Waals surface area contributed by atoms with Gasteiger partial charge in [-0.2, -0.15) is 0 Å². The Labute approximate surface area is 94.4 Å². The molecule has 0 aliphatic heterocycles. The van der Waals surface area contributed by atoms with E-state index in [0.717, 1.165) is 12.8 Å². The van der Waals surface area contributed by atoms with Crippen LogP contribution in [0.2, 0.25) is 0 Å². The van der Waals surface area contributed by atoms with Crippen LogP contribution in [-0.2, 0) is 9.53 Å². The standard InChI is InChI=1S/C13H26O2/c1-5-8-9-12(7-3)10-15-13(14)11(4)6-2/h11-12H,5-10H2,1-4H3. The first-order valence-electron chi connectivity index (χ1n) is 6.32. The molecule has 0 rings (SSSR count). The van der Waals surface area contributed by atoms with Crippen molar-refractivity contribution >= 4 is 5.97 Å². The molecule has 0 bridgehead atoms. The van der Waals surface area contributed by atoms with Gasteiger partial charge in [-0.3, -0.25) is 4.79 Å². The molecule has 0 amide bonds. The second kappa shape index (κ2) is 8.75. The highest BCUT2D eigenvalue weighted by molar-refractivity contribution is 5.71. The minimum Gasteiger partial charge on any atom is -0.465 e. The van der Waals surface area contributed by atoms with Crippen LogP contribution in [0, 0.1) is 11.8 Å². The van der Waals surface area contributed by atoms with E-state index in [9.17, 15) is 4.79 Å². The number of carbonyl (C=O) groups excluding carboxylic acids is 1. The molecule has 0 heterocycles. The van der Waals surface area contributed by atoms with Crippen LogP contribution in [0.15, 0.2) is 0 Å². The van der Waals surface area contributed by atoms with Gasteiger partial charge in [0.25, 0.3) is 0 Å². The Morgan fingerprint density at radius 3 is 2.33 bits per heavy atom. The van der Waals surface area contributed by atoms with E-state index in [-0.39, 0.29) is 11.9 Å². The molecule has 0 saturated carbocycles. The summed E-state index contributed by atoms with van der Waals surface area (Å²) in [5, 5.41) is 0. The fourth-order valence-corrected chi connectivity index (χ4v) is 1.41. The molecule has 0 aromatic heterocycles. The molecule has 0 aliphatic rings. The molecular weight excluding hydrogens is 188 g/mol. The van der Waals surface area contributed by atoms with Crippen LogP contribution in [0.5, 0.6) is 0 Å². The van der Waals surface area contributed by atoms with E-state index in [0.29, 0.717) is 12.5 Å². The fourth-order valence-electron chi connectivity index (χ4n) is 1.41. The topological polar surface area (TPSA) is 26.3 Å². The summed E-state index contributed by atoms with van der Waals surface area (Å²) in [7, 11) is 0. The van der Waals surface area contributed by atoms with E-state index >= 15 is 0 Å². The molecule has 15 heavy (non-hydrogen) atoms. The lowest BCUT2D eigenvalue weighted by atomic mass is 10.0. The van der Waals surface area contributed by atoms with Crippen molar-refractivity contribution < 1.29 is 9.53 Å². The van der Waals surface area contributed by atoms with Gasteiger partial charge in [-0.25, -0.2) is 0 Å². The third kappa shape index (κ3) is 6.53. The van der Waals surface area contributed by atoms with Gasteiger partial charge in [-0.05, 0) is 18.8 Å². The van der Waals surface area contributed by atoms with Gasteiger partial charge in [0.05, 0.1) is 12.5 Å². The zero-order valence-electron chi connectivity index (χ0n) is 10.7. The number of hydrogen-bond acceptors (Lipinski definition) is 2. The predicted molar refractivity (Wildman–Crippen MR) is 63.7 cm³/mol. The van der Waals surface area contributed by atoms with Gasteiger partial charge in [0.15, 0.2) is 0 Å². The van der Waals surface area contributed by atoms with Crippen molar-refractivity contribution in [3.8, 4) is 0 Å². The summed E-state index contributed by atoms with van der Waals surface area (Å²) in [6.45, 7) is 8.91. The zero-order valence-corrected chi connectivity index (χ0v) is 10.7. The normalized spacial score (nSPS) is 14.7. The first-order chi connectivity index (χ1) is 7.15. The van der Waals surface area contributed by atoms with Crippen LogP contribution in [0.25, 0.3) is 0 Å². The summed E-state index contributed by atoms with van der Waals surface area (Å²) in [5.41, 5.74) is 0. The molecule has 0 fully saturated rings. The summed E-state index contributed by atoms with van der Waals surface area (Å²) >= 11 is 0. The van der Waals surface area contributed by atoms with Crippen molar-refractivity contribution in [2.75, 3.05) is 6.61 Å². The summed E-state index contributed by atoms with van der Waals surface area (Å²) in [4.78, 5) is 11.4. The Balaban J connectivity index is 3.74. The van der Waals surface area contributed by atoms with Gasteiger partial charge in [0, 0.05) is 0 Å². The van der Waals surface area contributed by atoms with Crippen molar-refractivity contribution in [2.24, 2.45) is 11.8 Å². The van der Waals surface area contributed by atoms with Crippen molar-refractivity contribution in [3.05, 3.63) is 0 Å². The van der Waals surface area contributed by atoms with Gasteiger partial charge >= 0.3 is 5.97 Å². The maximum Gasteiger partial charge on any atom is 0.308 e. The highest BCUT2D eigenvalue weighted by Gasteiger charge is 2.14. The third-order valence-electron chi connectivity index (χ3n) is 3.02. The molecule has 0 saturated heterocycles. The van der Waals surface area contributed by atoms with E-state index in [2.05, 4.69) is 13.8 Å². The number of unbranched alkanes of at least 4 members (excludes halogenated alkanes) is 1. The number of carbonyl (C=O) groups is 1. The molecular formula is C13H26O2. The molecule has 2 atom stereocenters. The first kappa shape index (κ1) is 14.5. The molecule has 0 radical (unpaired) electrons. The van der Waals surface area contributed by atoms with E-state index in [1.165, 1.54) is 19.3 Å². The Morgan fingerprint density at radius 2 is 1.87 bits per heavy atom. The van der Waals surface area contributed by atoms with E-state index in [1.54, 1.807) is 0 Å². The zero-order chi connectivity index (χ0) is 11.7. The van der Waals surface area contributed by atoms with Crippen LogP contribution in [0.1, 0.15) is 59.8 Å². The number of hydrogen-bond donors (Lipinski definition) is 0. The van der Waals surface area contributed by atoms with Crippen molar-refractivity contribution in [3.63, 3.8) is 0 Å². The van der Waals surface area contributed by atoms with Gasteiger partial charge in [0.2, 0.25) is 0 Å². The van der Waals surface area contributed by atoms with Crippen molar-refractivity contribution in [1.82, 2.24) is 0 Å². The molecule has 0 spiro atoms. The highest BCUT2D eigenvalue weighted by Crippen LogP contribution is 2.14. The second-order valence-electron chi connectivity index (χ2n) is 4.36. The summed E-state index contributed by atoms with van der Waals surface area (Å²) < 4.78 is 5.31. The van der Waals surface area contributed by atoms with Gasteiger partial charge in [-0.1, -0.05) is 47.0 Å². The molecule has 2 nitrogen and oxygen atoms in total. The average Bonchev–Trinajstić information content (AvgIpc) is 2.27. The Hall–Kier alpha value is -0.530. The minimum absolute atomic E-state index is 0.0348. The maximum atomic E-state index is 11.4. The Kier molecular flexibility index (Phi) is 8.44. The molecule has 0 aliphatic carbocycles. The lowest BCUT2D eigenvalue weighted by molar-refractivity contribution is -0.149.